The fourth-order valence-electron chi connectivity index (χ4n) is 6.28. The molecule has 0 radical (unpaired) electrons. The van der Waals surface area contributed by atoms with Gasteiger partial charge in [-0.2, -0.15) is 4.39 Å². The molecule has 0 saturated carbocycles. The second kappa shape index (κ2) is 8.20. The molecule has 1 aliphatic carbocycles. The number of hydrogen-bond acceptors (Lipinski definition) is 4. The lowest BCUT2D eigenvalue weighted by Gasteiger charge is -2.51. The van der Waals surface area contributed by atoms with Crippen LogP contribution in [0.4, 0.5) is 9.18 Å². The van der Waals surface area contributed by atoms with Gasteiger partial charge in [0, 0.05) is 42.6 Å². The first kappa shape index (κ1) is 21.3. The minimum absolute atomic E-state index is 0.0169. The van der Waals surface area contributed by atoms with Crippen LogP contribution in [-0.2, 0) is 10.3 Å². The number of fused-ring (bicyclic) bond motifs is 5. The molecule has 2 atom stereocenters. The van der Waals surface area contributed by atoms with Gasteiger partial charge in [-0.1, -0.05) is 54.6 Å². The molecule has 174 valence electrons. The summed E-state index contributed by atoms with van der Waals surface area (Å²) < 4.78 is 19.3. The Balaban J connectivity index is 1.20. The highest BCUT2D eigenvalue weighted by atomic mass is 19.1. The lowest BCUT2D eigenvalue weighted by atomic mass is 9.73. The van der Waals surface area contributed by atoms with Gasteiger partial charge in [0.2, 0.25) is 5.95 Å². The zero-order chi connectivity index (χ0) is 23.3. The molecule has 1 aromatic heterocycles. The molecule has 34 heavy (non-hydrogen) atoms. The fraction of sp³-hybridized carbons (Fsp3) is 0.357. The lowest BCUT2D eigenvalue weighted by Crippen LogP contribution is -2.59. The zero-order valence-electron chi connectivity index (χ0n) is 18.9. The van der Waals surface area contributed by atoms with Crippen LogP contribution in [0.25, 0.3) is 11.1 Å². The van der Waals surface area contributed by atoms with Crippen LogP contribution < -0.4 is 0 Å². The van der Waals surface area contributed by atoms with Crippen molar-refractivity contribution < 1.29 is 19.0 Å². The van der Waals surface area contributed by atoms with Crippen molar-refractivity contribution in [2.24, 2.45) is 0 Å². The highest BCUT2D eigenvalue weighted by Crippen LogP contribution is 2.46. The Bertz CT molecular complexity index is 1170. The first-order valence-electron chi connectivity index (χ1n) is 12.0. The van der Waals surface area contributed by atoms with Crippen LogP contribution in [-0.4, -0.2) is 39.8 Å². The molecule has 1 N–H and O–H groups in total. The van der Waals surface area contributed by atoms with E-state index in [1.54, 1.807) is 6.07 Å². The third kappa shape index (κ3) is 3.48. The van der Waals surface area contributed by atoms with Gasteiger partial charge < -0.3 is 14.7 Å². The Morgan fingerprint density at radius 1 is 1.00 bits per heavy atom. The van der Waals surface area contributed by atoms with Gasteiger partial charge in [0.05, 0.1) is 5.60 Å². The van der Waals surface area contributed by atoms with Crippen LogP contribution in [0.2, 0.25) is 0 Å². The van der Waals surface area contributed by atoms with Crippen molar-refractivity contribution >= 4 is 6.09 Å². The summed E-state index contributed by atoms with van der Waals surface area (Å²) in [4.78, 5) is 18.9. The molecule has 3 heterocycles. The Hall–Kier alpha value is -3.25. The maximum absolute atomic E-state index is 13.3. The second-order valence-corrected chi connectivity index (χ2v) is 9.76. The van der Waals surface area contributed by atoms with Gasteiger partial charge in [-0.25, -0.2) is 9.78 Å². The monoisotopic (exact) mass is 458 g/mol. The van der Waals surface area contributed by atoms with E-state index >= 15 is 0 Å². The van der Waals surface area contributed by atoms with E-state index < -0.39 is 11.5 Å². The number of halogens is 1. The third-order valence-corrected chi connectivity index (χ3v) is 7.82. The SMILES string of the molecule is O=C(OCC1c2ccccc2-c2ccccc21)N1C2CCCC1CC(O)(c1ccc(F)nc1)C2. The average Bonchev–Trinajstić information content (AvgIpc) is 3.16. The van der Waals surface area contributed by atoms with Crippen LogP contribution in [0.5, 0.6) is 0 Å². The molecular weight excluding hydrogens is 431 g/mol. The summed E-state index contributed by atoms with van der Waals surface area (Å²) in [6, 6.07) is 19.2. The number of carbonyl (C=O) groups is 1. The molecule has 2 unspecified atom stereocenters. The van der Waals surface area contributed by atoms with Crippen molar-refractivity contribution in [3.05, 3.63) is 89.5 Å². The molecule has 2 fully saturated rings. The summed E-state index contributed by atoms with van der Waals surface area (Å²) in [6.07, 6.45) is 4.56. The van der Waals surface area contributed by atoms with Crippen molar-refractivity contribution in [2.75, 3.05) is 6.61 Å². The Morgan fingerprint density at radius 2 is 1.62 bits per heavy atom. The number of aromatic nitrogens is 1. The molecule has 1 amide bonds. The standard InChI is InChI=1S/C28H27FN2O3/c29-26-13-12-18(16-30-26)28(33)14-19-6-5-7-20(15-28)31(19)27(32)34-17-25-23-10-3-1-8-21(23)22-9-2-4-11-24(22)25/h1-4,8-13,16,19-20,25,33H,5-7,14-15,17H2. The first-order chi connectivity index (χ1) is 16.5. The van der Waals surface area contributed by atoms with Crippen molar-refractivity contribution in [3.8, 4) is 11.1 Å². The smallest absolute Gasteiger partial charge is 0.410 e. The quantitative estimate of drug-likeness (QED) is 0.536. The maximum Gasteiger partial charge on any atom is 0.410 e. The number of nitrogens with zero attached hydrogens (tertiary/aromatic N) is 2. The summed E-state index contributed by atoms with van der Waals surface area (Å²) in [6.45, 7) is 0.287. The summed E-state index contributed by atoms with van der Waals surface area (Å²) >= 11 is 0. The van der Waals surface area contributed by atoms with E-state index in [0.717, 1.165) is 19.3 Å². The van der Waals surface area contributed by atoms with Crippen molar-refractivity contribution in [1.29, 1.82) is 0 Å². The van der Waals surface area contributed by atoms with Crippen molar-refractivity contribution in [1.82, 2.24) is 9.88 Å². The van der Waals surface area contributed by atoms with E-state index in [2.05, 4.69) is 29.2 Å². The van der Waals surface area contributed by atoms with Crippen molar-refractivity contribution in [2.45, 2.75) is 55.7 Å². The van der Waals surface area contributed by atoms with Gasteiger partial charge in [0.1, 0.15) is 6.61 Å². The van der Waals surface area contributed by atoms with Gasteiger partial charge in [-0.15, -0.1) is 0 Å². The van der Waals surface area contributed by atoms with E-state index in [-0.39, 0.29) is 30.7 Å². The number of ether oxygens (including phenoxy) is 1. The number of pyridine rings is 1. The second-order valence-electron chi connectivity index (χ2n) is 9.76. The average molecular weight is 459 g/mol. The van der Waals surface area contributed by atoms with Crippen LogP contribution in [0.1, 0.15) is 54.7 Å². The van der Waals surface area contributed by atoms with Crippen LogP contribution >= 0.6 is 0 Å². The summed E-state index contributed by atoms with van der Waals surface area (Å²) in [5, 5.41) is 11.4. The zero-order valence-corrected chi connectivity index (χ0v) is 18.9. The topological polar surface area (TPSA) is 62.7 Å². The number of rotatable bonds is 3. The summed E-state index contributed by atoms with van der Waals surface area (Å²) in [7, 11) is 0. The lowest BCUT2D eigenvalue weighted by molar-refractivity contribution is -0.0892. The third-order valence-electron chi connectivity index (χ3n) is 7.82. The number of piperidine rings is 2. The number of aliphatic hydroxyl groups is 1. The molecule has 5 nitrogen and oxygen atoms in total. The molecule has 2 aromatic carbocycles. The molecule has 2 aliphatic heterocycles. The van der Waals surface area contributed by atoms with E-state index in [0.29, 0.717) is 18.4 Å². The molecular formula is C28H27FN2O3. The molecule has 2 bridgehead atoms. The van der Waals surface area contributed by atoms with Gasteiger partial charge in [0.15, 0.2) is 0 Å². The molecule has 0 spiro atoms. The van der Waals surface area contributed by atoms with E-state index in [1.807, 2.05) is 29.2 Å². The molecule has 2 saturated heterocycles. The number of amides is 1. The van der Waals surface area contributed by atoms with Gasteiger partial charge >= 0.3 is 6.09 Å². The Labute approximate surface area is 198 Å². The largest absolute Gasteiger partial charge is 0.448 e. The van der Waals surface area contributed by atoms with E-state index in [4.69, 9.17) is 4.74 Å². The van der Waals surface area contributed by atoms with E-state index in [1.165, 1.54) is 34.5 Å². The van der Waals surface area contributed by atoms with Crippen LogP contribution in [0.15, 0.2) is 66.9 Å². The van der Waals surface area contributed by atoms with Crippen LogP contribution in [0, 0.1) is 5.95 Å². The van der Waals surface area contributed by atoms with Gasteiger partial charge in [-0.3, -0.25) is 0 Å². The number of benzene rings is 2. The number of hydrogen-bond donors (Lipinski definition) is 1. The molecule has 3 aliphatic rings. The highest BCUT2D eigenvalue weighted by Gasteiger charge is 2.49. The predicted molar refractivity (Wildman–Crippen MR) is 126 cm³/mol. The van der Waals surface area contributed by atoms with Crippen LogP contribution in [0.3, 0.4) is 0 Å². The summed E-state index contributed by atoms with van der Waals surface area (Å²) in [5.74, 6) is -0.549. The highest BCUT2D eigenvalue weighted by molar-refractivity contribution is 5.79. The molecule has 6 rings (SSSR count). The number of carbonyl (C=O) groups excluding carboxylic acids is 1. The summed E-state index contributed by atoms with van der Waals surface area (Å²) in [5.41, 5.74) is 4.27. The normalized spacial score (nSPS) is 25.5. The van der Waals surface area contributed by atoms with Crippen molar-refractivity contribution in [3.63, 3.8) is 0 Å². The maximum atomic E-state index is 13.3. The minimum Gasteiger partial charge on any atom is -0.448 e. The Kier molecular flexibility index (Phi) is 5.14. The Morgan fingerprint density at radius 3 is 2.21 bits per heavy atom. The van der Waals surface area contributed by atoms with E-state index in [9.17, 15) is 14.3 Å². The molecule has 6 heteroatoms. The van der Waals surface area contributed by atoms with Gasteiger partial charge in [-0.05, 0) is 47.6 Å². The minimum atomic E-state index is -1.11. The fourth-order valence-corrected chi connectivity index (χ4v) is 6.28. The van der Waals surface area contributed by atoms with Gasteiger partial charge in [0.25, 0.3) is 0 Å². The first-order valence-corrected chi connectivity index (χ1v) is 12.0. The molecule has 3 aromatic rings. The predicted octanol–water partition coefficient (Wildman–Crippen LogP) is 5.37.